The molecule has 0 radical (unpaired) electrons. The molecule has 3 aromatic rings. The predicted octanol–water partition coefficient (Wildman–Crippen LogP) is 3.18. The molecular formula is C13H8ClNO2. The number of nitrogen functional groups attached to an aromatic ring is 1. The van der Waals surface area contributed by atoms with Gasteiger partial charge in [-0.15, -0.1) is 0 Å². The molecular weight excluding hydrogens is 238 g/mol. The summed E-state index contributed by atoms with van der Waals surface area (Å²) in [7, 11) is 0. The van der Waals surface area contributed by atoms with Crippen LogP contribution in [-0.4, -0.2) is 0 Å². The molecule has 1 heterocycles. The zero-order valence-corrected chi connectivity index (χ0v) is 9.49. The fourth-order valence-electron chi connectivity index (χ4n) is 1.94. The standard InChI is InChI=1S/C13H8ClNO2/c14-11-3-1-2-9-8-5-4-7(15)6-10(8)13(16)17-12(9)11/h1-6H,15H2. The Labute approximate surface area is 101 Å². The lowest BCUT2D eigenvalue weighted by atomic mass is 10.1. The van der Waals surface area contributed by atoms with Crippen molar-refractivity contribution in [1.29, 1.82) is 0 Å². The van der Waals surface area contributed by atoms with Crippen molar-refractivity contribution in [2.75, 3.05) is 5.73 Å². The van der Waals surface area contributed by atoms with Crippen LogP contribution in [0.1, 0.15) is 0 Å². The number of fused-ring (bicyclic) bond motifs is 3. The highest BCUT2D eigenvalue weighted by Crippen LogP contribution is 2.28. The van der Waals surface area contributed by atoms with Gasteiger partial charge in [0, 0.05) is 16.5 Å². The zero-order valence-electron chi connectivity index (χ0n) is 8.74. The molecule has 0 spiro atoms. The van der Waals surface area contributed by atoms with Crippen molar-refractivity contribution in [2.24, 2.45) is 0 Å². The van der Waals surface area contributed by atoms with Crippen molar-refractivity contribution in [3.63, 3.8) is 0 Å². The van der Waals surface area contributed by atoms with Gasteiger partial charge < -0.3 is 10.2 Å². The maximum atomic E-state index is 11.8. The molecule has 1 aromatic heterocycles. The fraction of sp³-hybridized carbons (Fsp3) is 0. The summed E-state index contributed by atoms with van der Waals surface area (Å²) in [6, 6.07) is 10.5. The predicted molar refractivity (Wildman–Crippen MR) is 69.4 cm³/mol. The van der Waals surface area contributed by atoms with E-state index in [4.69, 9.17) is 21.8 Å². The van der Waals surface area contributed by atoms with Crippen LogP contribution in [0, 0.1) is 0 Å². The molecule has 84 valence electrons. The second-order valence-electron chi connectivity index (χ2n) is 3.81. The quantitative estimate of drug-likeness (QED) is 0.376. The van der Waals surface area contributed by atoms with Crippen LogP contribution >= 0.6 is 11.6 Å². The van der Waals surface area contributed by atoms with E-state index in [1.165, 1.54) is 0 Å². The monoisotopic (exact) mass is 245 g/mol. The molecule has 0 amide bonds. The zero-order chi connectivity index (χ0) is 12.0. The maximum absolute atomic E-state index is 11.8. The Hall–Kier alpha value is -2.00. The van der Waals surface area contributed by atoms with Gasteiger partial charge in [0.1, 0.15) is 0 Å². The molecule has 0 atom stereocenters. The van der Waals surface area contributed by atoms with Crippen LogP contribution < -0.4 is 11.4 Å². The van der Waals surface area contributed by atoms with Gasteiger partial charge in [0.25, 0.3) is 0 Å². The number of nitrogens with two attached hydrogens (primary N) is 1. The molecule has 0 saturated carbocycles. The fourth-order valence-corrected chi connectivity index (χ4v) is 2.15. The van der Waals surface area contributed by atoms with Crippen molar-refractivity contribution in [3.05, 3.63) is 51.8 Å². The van der Waals surface area contributed by atoms with Crippen LogP contribution in [0.5, 0.6) is 0 Å². The lowest BCUT2D eigenvalue weighted by Crippen LogP contribution is -2.00. The summed E-state index contributed by atoms with van der Waals surface area (Å²) in [5.41, 5.74) is 6.18. The number of halogens is 1. The first-order valence-corrected chi connectivity index (χ1v) is 5.45. The van der Waals surface area contributed by atoms with E-state index < -0.39 is 5.63 Å². The molecule has 0 unspecified atom stereocenters. The van der Waals surface area contributed by atoms with Crippen molar-refractivity contribution in [2.45, 2.75) is 0 Å². The summed E-state index contributed by atoms with van der Waals surface area (Å²) < 4.78 is 5.22. The molecule has 0 aliphatic heterocycles. The number of anilines is 1. The first-order chi connectivity index (χ1) is 8.16. The minimum absolute atomic E-state index is 0.413. The highest BCUT2D eigenvalue weighted by atomic mass is 35.5. The van der Waals surface area contributed by atoms with Crippen LogP contribution in [-0.2, 0) is 0 Å². The van der Waals surface area contributed by atoms with E-state index in [1.807, 2.05) is 12.1 Å². The van der Waals surface area contributed by atoms with Crippen molar-refractivity contribution < 1.29 is 4.42 Å². The summed E-state index contributed by atoms with van der Waals surface area (Å²) >= 11 is 6.00. The highest BCUT2D eigenvalue weighted by Gasteiger charge is 2.09. The summed E-state index contributed by atoms with van der Waals surface area (Å²) in [5, 5.41) is 2.51. The summed E-state index contributed by atoms with van der Waals surface area (Å²) in [5.74, 6) is 0. The third-order valence-electron chi connectivity index (χ3n) is 2.72. The van der Waals surface area contributed by atoms with Crippen molar-refractivity contribution in [1.82, 2.24) is 0 Å². The van der Waals surface area contributed by atoms with Gasteiger partial charge in [0.2, 0.25) is 0 Å². The van der Waals surface area contributed by atoms with E-state index in [-0.39, 0.29) is 0 Å². The number of para-hydroxylation sites is 1. The Morgan fingerprint density at radius 1 is 1.06 bits per heavy atom. The average Bonchev–Trinajstić information content (AvgIpc) is 2.31. The van der Waals surface area contributed by atoms with Gasteiger partial charge in [0.05, 0.1) is 10.4 Å². The number of rotatable bonds is 0. The molecule has 0 aliphatic rings. The smallest absolute Gasteiger partial charge is 0.344 e. The van der Waals surface area contributed by atoms with Crippen LogP contribution in [0.25, 0.3) is 21.7 Å². The second-order valence-corrected chi connectivity index (χ2v) is 4.22. The first kappa shape index (κ1) is 10.2. The highest BCUT2D eigenvalue weighted by molar-refractivity contribution is 6.35. The molecule has 2 aromatic carbocycles. The van der Waals surface area contributed by atoms with Crippen LogP contribution in [0.15, 0.2) is 45.6 Å². The Morgan fingerprint density at radius 2 is 1.88 bits per heavy atom. The van der Waals surface area contributed by atoms with Crippen LogP contribution in [0.4, 0.5) is 5.69 Å². The third kappa shape index (κ3) is 1.47. The number of benzene rings is 2. The Balaban J connectivity index is 2.65. The normalized spacial score (nSPS) is 11.1. The summed E-state index contributed by atoms with van der Waals surface area (Å²) in [6.45, 7) is 0. The molecule has 4 heteroatoms. The van der Waals surface area contributed by atoms with Gasteiger partial charge in [-0.05, 0) is 18.2 Å². The van der Waals surface area contributed by atoms with E-state index >= 15 is 0 Å². The molecule has 0 saturated heterocycles. The van der Waals surface area contributed by atoms with Gasteiger partial charge in [0.15, 0.2) is 5.58 Å². The molecule has 17 heavy (non-hydrogen) atoms. The number of hydrogen-bond acceptors (Lipinski definition) is 3. The molecule has 0 fully saturated rings. The van der Waals surface area contributed by atoms with Crippen molar-refractivity contribution >= 4 is 39.0 Å². The van der Waals surface area contributed by atoms with Gasteiger partial charge >= 0.3 is 5.63 Å². The van der Waals surface area contributed by atoms with Crippen molar-refractivity contribution in [3.8, 4) is 0 Å². The Kier molecular flexibility index (Phi) is 2.09. The third-order valence-corrected chi connectivity index (χ3v) is 3.01. The largest absolute Gasteiger partial charge is 0.421 e. The van der Waals surface area contributed by atoms with E-state index in [1.54, 1.807) is 24.3 Å². The Morgan fingerprint density at radius 3 is 2.71 bits per heavy atom. The van der Waals surface area contributed by atoms with Gasteiger partial charge in [-0.25, -0.2) is 4.79 Å². The first-order valence-electron chi connectivity index (χ1n) is 5.07. The lowest BCUT2D eigenvalue weighted by molar-refractivity contribution is 0.570. The molecule has 3 nitrogen and oxygen atoms in total. The number of hydrogen-bond donors (Lipinski definition) is 1. The van der Waals surface area contributed by atoms with Gasteiger partial charge in [-0.1, -0.05) is 29.8 Å². The molecule has 0 aliphatic carbocycles. The average molecular weight is 246 g/mol. The summed E-state index contributed by atoms with van der Waals surface area (Å²) in [4.78, 5) is 11.8. The summed E-state index contributed by atoms with van der Waals surface area (Å²) in [6.07, 6.45) is 0. The molecule has 3 rings (SSSR count). The van der Waals surface area contributed by atoms with Gasteiger partial charge in [-0.3, -0.25) is 0 Å². The van der Waals surface area contributed by atoms with Crippen LogP contribution in [0.2, 0.25) is 5.02 Å². The second kappa shape index (κ2) is 3.50. The lowest BCUT2D eigenvalue weighted by Gasteiger charge is -2.04. The molecule has 0 bridgehead atoms. The molecule has 2 N–H and O–H groups in total. The topological polar surface area (TPSA) is 56.2 Å². The van der Waals surface area contributed by atoms with E-state index in [9.17, 15) is 4.79 Å². The van der Waals surface area contributed by atoms with E-state index in [0.717, 1.165) is 10.8 Å². The minimum atomic E-state index is -0.423. The SMILES string of the molecule is Nc1ccc2c(c1)c(=O)oc1c(Cl)cccc12. The maximum Gasteiger partial charge on any atom is 0.344 e. The van der Waals surface area contributed by atoms with Gasteiger partial charge in [-0.2, -0.15) is 0 Å². The Bertz CT molecular complexity index is 792. The van der Waals surface area contributed by atoms with E-state index in [0.29, 0.717) is 21.7 Å². The minimum Gasteiger partial charge on any atom is -0.421 e. The van der Waals surface area contributed by atoms with Crippen LogP contribution in [0.3, 0.4) is 0 Å². The van der Waals surface area contributed by atoms with E-state index in [2.05, 4.69) is 0 Å².